The Hall–Kier alpha value is -4.63. The van der Waals surface area contributed by atoms with Gasteiger partial charge in [-0.05, 0) is 11.1 Å². The zero-order valence-corrected chi connectivity index (χ0v) is 19.0. The van der Waals surface area contributed by atoms with E-state index in [1.807, 2.05) is 132 Å². The molecule has 4 aromatic rings. The molecule has 1 atom stereocenters. The van der Waals surface area contributed by atoms with Crippen LogP contribution in [-0.2, 0) is 0 Å². The molecular formula is C32H22NO2+. The Morgan fingerprint density at radius 2 is 1.14 bits per heavy atom. The second kappa shape index (κ2) is 8.62. The predicted octanol–water partition coefficient (Wildman–Crippen LogP) is 6.40. The number of benzene rings is 4. The summed E-state index contributed by atoms with van der Waals surface area (Å²) < 4.78 is 1.98. The summed E-state index contributed by atoms with van der Waals surface area (Å²) >= 11 is 0. The summed E-state index contributed by atoms with van der Waals surface area (Å²) in [6.07, 6.45) is 3.96. The van der Waals surface area contributed by atoms with Crippen LogP contribution in [-0.4, -0.2) is 21.9 Å². The van der Waals surface area contributed by atoms with Crippen LogP contribution in [0.15, 0.2) is 127 Å². The Kier molecular flexibility index (Phi) is 5.16. The lowest BCUT2D eigenvalue weighted by molar-refractivity contribution is -0.489. The monoisotopic (exact) mass is 452 g/mol. The molecule has 0 aliphatic carbocycles. The van der Waals surface area contributed by atoms with E-state index in [4.69, 9.17) is 0 Å². The van der Waals surface area contributed by atoms with Gasteiger partial charge in [0.1, 0.15) is 0 Å². The normalized spacial score (nSPS) is 16.2. The molecule has 166 valence electrons. The Balaban J connectivity index is 1.68. The average Bonchev–Trinajstić information content (AvgIpc) is 3.29. The van der Waals surface area contributed by atoms with Crippen molar-refractivity contribution < 1.29 is 14.2 Å². The van der Waals surface area contributed by atoms with Crippen molar-refractivity contribution in [1.82, 2.24) is 0 Å². The van der Waals surface area contributed by atoms with E-state index in [2.05, 4.69) is 0 Å². The number of fused-ring (bicyclic) bond motifs is 3. The summed E-state index contributed by atoms with van der Waals surface area (Å²) in [6, 6.07) is 36.1. The number of hydrogen-bond acceptors (Lipinski definition) is 2. The van der Waals surface area contributed by atoms with E-state index in [9.17, 15) is 9.59 Å². The van der Waals surface area contributed by atoms with E-state index in [0.717, 1.165) is 16.7 Å². The number of rotatable bonds is 5. The van der Waals surface area contributed by atoms with Crippen LogP contribution < -0.4 is 0 Å². The van der Waals surface area contributed by atoms with Gasteiger partial charge in [0.2, 0.25) is 6.04 Å². The number of allylic oxidation sites excluding steroid dienone is 1. The third-order valence-electron chi connectivity index (χ3n) is 6.62. The van der Waals surface area contributed by atoms with Gasteiger partial charge in [0, 0.05) is 22.8 Å². The van der Waals surface area contributed by atoms with Crippen LogP contribution in [0, 0.1) is 0 Å². The van der Waals surface area contributed by atoms with Gasteiger partial charge in [-0.3, -0.25) is 9.59 Å². The minimum absolute atomic E-state index is 0.0691. The van der Waals surface area contributed by atoms with Crippen LogP contribution in [0.1, 0.15) is 43.4 Å². The number of hydrogen-bond donors (Lipinski definition) is 0. The molecule has 35 heavy (non-hydrogen) atoms. The standard InChI is InChI=1S/C32H22NO2/c34-31(24-15-6-2-7-16-24)28-27(23-13-4-1-5-14-23)30(32(35)25-17-8-3-9-18-25)33-21-20-22-12-10-11-19-26(22)29(28)33/h1-21,29H/q+1. The van der Waals surface area contributed by atoms with Crippen molar-refractivity contribution in [3.8, 4) is 0 Å². The van der Waals surface area contributed by atoms with Gasteiger partial charge < -0.3 is 0 Å². The lowest BCUT2D eigenvalue weighted by atomic mass is 9.84. The molecule has 0 saturated heterocycles. The Morgan fingerprint density at radius 3 is 1.80 bits per heavy atom. The Morgan fingerprint density at radius 1 is 0.600 bits per heavy atom. The Labute approximate surface area is 204 Å². The second-order valence-corrected chi connectivity index (χ2v) is 8.65. The van der Waals surface area contributed by atoms with Crippen LogP contribution in [0.4, 0.5) is 0 Å². The van der Waals surface area contributed by atoms with Crippen molar-refractivity contribution >= 4 is 28.9 Å². The fourth-order valence-corrected chi connectivity index (χ4v) is 5.04. The predicted molar refractivity (Wildman–Crippen MR) is 138 cm³/mol. The summed E-state index contributed by atoms with van der Waals surface area (Å²) in [5.74, 6) is -0.172. The molecule has 0 radical (unpaired) electrons. The van der Waals surface area contributed by atoms with E-state index >= 15 is 0 Å². The maximum absolute atomic E-state index is 14.2. The van der Waals surface area contributed by atoms with Crippen molar-refractivity contribution in [1.29, 1.82) is 0 Å². The van der Waals surface area contributed by atoms with Crippen molar-refractivity contribution in [3.63, 3.8) is 0 Å². The van der Waals surface area contributed by atoms with Crippen LogP contribution in [0.2, 0.25) is 0 Å². The maximum atomic E-state index is 14.2. The highest BCUT2D eigenvalue weighted by atomic mass is 16.1. The van der Waals surface area contributed by atoms with Gasteiger partial charge >= 0.3 is 0 Å². The largest absolute Gasteiger partial charge is 0.289 e. The molecule has 0 spiro atoms. The van der Waals surface area contributed by atoms with Gasteiger partial charge in [0.25, 0.3) is 11.5 Å². The molecule has 4 aromatic carbocycles. The first-order valence-electron chi connectivity index (χ1n) is 11.7. The topological polar surface area (TPSA) is 37.1 Å². The molecule has 0 amide bonds. The van der Waals surface area contributed by atoms with Gasteiger partial charge in [-0.1, -0.05) is 115 Å². The summed E-state index contributed by atoms with van der Waals surface area (Å²) in [5, 5.41) is 0. The first kappa shape index (κ1) is 20.9. The van der Waals surface area contributed by atoms with Gasteiger partial charge in [0.15, 0.2) is 12.0 Å². The fourth-order valence-electron chi connectivity index (χ4n) is 5.04. The summed E-state index contributed by atoms with van der Waals surface area (Å²) in [5.41, 5.74) is 5.96. The molecule has 3 nitrogen and oxygen atoms in total. The van der Waals surface area contributed by atoms with Crippen LogP contribution in [0.25, 0.3) is 11.6 Å². The molecule has 0 saturated carbocycles. The van der Waals surface area contributed by atoms with Gasteiger partial charge in [-0.2, -0.15) is 4.58 Å². The van der Waals surface area contributed by atoms with Crippen LogP contribution in [0.5, 0.6) is 0 Å². The zero-order valence-electron chi connectivity index (χ0n) is 19.0. The van der Waals surface area contributed by atoms with Gasteiger partial charge in [-0.25, -0.2) is 0 Å². The first-order valence-corrected chi connectivity index (χ1v) is 11.7. The quantitative estimate of drug-likeness (QED) is 0.260. The number of carbonyl (C=O) groups is 2. The summed E-state index contributed by atoms with van der Waals surface area (Å²) in [4.78, 5) is 28.2. The highest BCUT2D eigenvalue weighted by molar-refractivity contribution is 6.60. The van der Waals surface area contributed by atoms with Crippen molar-refractivity contribution in [2.75, 3.05) is 0 Å². The number of carbonyl (C=O) groups excluding carboxylic acids is 2. The average molecular weight is 453 g/mol. The zero-order chi connectivity index (χ0) is 23.8. The first-order chi connectivity index (χ1) is 17.2. The summed E-state index contributed by atoms with van der Waals surface area (Å²) in [7, 11) is 0. The summed E-state index contributed by atoms with van der Waals surface area (Å²) in [6.45, 7) is 0. The minimum Gasteiger partial charge on any atom is -0.289 e. The van der Waals surface area contributed by atoms with E-state index < -0.39 is 0 Å². The van der Waals surface area contributed by atoms with Crippen LogP contribution in [0.3, 0.4) is 0 Å². The second-order valence-electron chi connectivity index (χ2n) is 8.65. The third-order valence-corrected chi connectivity index (χ3v) is 6.62. The van der Waals surface area contributed by atoms with E-state index in [1.165, 1.54) is 0 Å². The molecule has 2 aliphatic rings. The van der Waals surface area contributed by atoms with Crippen molar-refractivity contribution in [2.24, 2.45) is 0 Å². The van der Waals surface area contributed by atoms with Gasteiger partial charge in [-0.15, -0.1) is 0 Å². The molecule has 3 heteroatoms. The minimum atomic E-state index is -0.387. The smallest absolute Gasteiger partial charge is 0.263 e. The van der Waals surface area contributed by atoms with Gasteiger partial charge in [0.05, 0.1) is 11.1 Å². The fraction of sp³-hybridized carbons (Fsp3) is 0.0312. The highest BCUT2D eigenvalue weighted by Gasteiger charge is 2.49. The lowest BCUT2D eigenvalue weighted by Crippen LogP contribution is -2.26. The Bertz CT molecular complexity index is 1550. The third kappa shape index (κ3) is 3.49. The van der Waals surface area contributed by atoms with E-state index in [-0.39, 0.29) is 17.6 Å². The van der Waals surface area contributed by atoms with Crippen molar-refractivity contribution in [2.45, 2.75) is 6.04 Å². The molecule has 0 fully saturated rings. The molecule has 0 aromatic heterocycles. The number of nitrogens with zero attached hydrogens (tertiary/aromatic N) is 1. The molecule has 2 heterocycles. The van der Waals surface area contributed by atoms with E-state index in [0.29, 0.717) is 28.0 Å². The molecular weight excluding hydrogens is 430 g/mol. The van der Waals surface area contributed by atoms with Crippen LogP contribution >= 0.6 is 0 Å². The lowest BCUT2D eigenvalue weighted by Gasteiger charge is -2.18. The molecule has 1 unspecified atom stereocenters. The van der Waals surface area contributed by atoms with E-state index in [1.54, 1.807) is 0 Å². The maximum Gasteiger partial charge on any atom is 0.263 e. The molecule has 2 aliphatic heterocycles. The number of Topliss-reactive ketones (excluding diaryl/α,β-unsaturated/α-hetero) is 2. The SMILES string of the molecule is O=C(C1=C(c2ccccc2)C(C(=O)c2ccccc2)=[N+]2C=Cc3ccccc3C12)c1ccccc1. The molecule has 0 bridgehead atoms. The molecule has 6 rings (SSSR count). The van der Waals surface area contributed by atoms with Crippen molar-refractivity contribution in [3.05, 3.63) is 155 Å². The highest BCUT2D eigenvalue weighted by Crippen LogP contribution is 2.44. The molecule has 0 N–H and O–H groups in total. The number of ketones is 2.